The maximum atomic E-state index is 10.7. The van der Waals surface area contributed by atoms with Gasteiger partial charge in [-0.05, 0) is 24.6 Å². The van der Waals surface area contributed by atoms with Crippen LogP contribution in [-0.4, -0.2) is 30.9 Å². The van der Waals surface area contributed by atoms with Gasteiger partial charge in [-0.25, -0.2) is 4.79 Å². The number of ether oxygens (including phenoxy) is 2. The minimum absolute atomic E-state index is 0.00560. The van der Waals surface area contributed by atoms with E-state index in [4.69, 9.17) is 14.6 Å². The molecule has 1 aromatic rings. The number of rotatable bonds is 6. The van der Waals surface area contributed by atoms with Gasteiger partial charge in [-0.2, -0.15) is 0 Å². The van der Waals surface area contributed by atoms with Gasteiger partial charge in [0.15, 0.2) is 0 Å². The van der Waals surface area contributed by atoms with E-state index in [-0.39, 0.29) is 11.7 Å². The average Bonchev–Trinajstić information content (AvgIpc) is 2.27. The zero-order valence-electron chi connectivity index (χ0n) is 9.77. The summed E-state index contributed by atoms with van der Waals surface area (Å²) in [5.74, 6) is -0.939. The molecule has 0 aliphatic rings. The van der Waals surface area contributed by atoms with Crippen LogP contribution in [0.15, 0.2) is 22.7 Å². The second kappa shape index (κ2) is 6.74. The lowest BCUT2D eigenvalue weighted by molar-refractivity contribution is -0.000339. The molecule has 1 rings (SSSR count). The summed E-state index contributed by atoms with van der Waals surface area (Å²) in [6, 6.07) is 4.88. The van der Waals surface area contributed by atoms with Crippen molar-refractivity contribution in [3.8, 4) is 0 Å². The lowest BCUT2D eigenvalue weighted by Crippen LogP contribution is -2.14. The third kappa shape index (κ3) is 4.46. The van der Waals surface area contributed by atoms with E-state index in [1.165, 1.54) is 0 Å². The van der Waals surface area contributed by atoms with Crippen LogP contribution >= 0.6 is 15.9 Å². The first-order chi connectivity index (χ1) is 8.04. The number of carboxylic acid groups (broad SMARTS) is 1. The Morgan fingerprint density at radius 3 is 2.76 bits per heavy atom. The van der Waals surface area contributed by atoms with Crippen LogP contribution < -0.4 is 0 Å². The molecule has 1 aromatic carbocycles. The van der Waals surface area contributed by atoms with Crippen LogP contribution in [-0.2, 0) is 16.1 Å². The molecule has 0 spiro atoms. The SMILES string of the molecule is COCC(C)OCc1ccc(C(=O)O)cc1Br. The molecule has 0 aliphatic carbocycles. The fourth-order valence-electron chi connectivity index (χ4n) is 1.31. The molecular formula is C12H15BrO4. The number of benzene rings is 1. The molecule has 1 unspecified atom stereocenters. The quantitative estimate of drug-likeness (QED) is 0.878. The van der Waals surface area contributed by atoms with Crippen LogP contribution in [0.2, 0.25) is 0 Å². The first-order valence-electron chi connectivity index (χ1n) is 5.17. The normalized spacial score (nSPS) is 12.4. The highest BCUT2D eigenvalue weighted by atomic mass is 79.9. The Balaban J connectivity index is 2.63. The smallest absolute Gasteiger partial charge is 0.335 e. The third-order valence-electron chi connectivity index (χ3n) is 2.22. The number of methoxy groups -OCH3 is 1. The van der Waals surface area contributed by atoms with Crippen LogP contribution in [0.5, 0.6) is 0 Å². The molecule has 94 valence electrons. The highest BCUT2D eigenvalue weighted by Gasteiger charge is 2.08. The predicted octanol–water partition coefficient (Wildman–Crippen LogP) is 2.70. The molecule has 1 N–H and O–H groups in total. The summed E-state index contributed by atoms with van der Waals surface area (Å²) in [6.07, 6.45) is 0.00560. The van der Waals surface area contributed by atoms with Gasteiger partial charge in [-0.1, -0.05) is 22.0 Å². The Kier molecular flexibility index (Phi) is 5.61. The summed E-state index contributed by atoms with van der Waals surface area (Å²) in [5, 5.41) is 8.82. The minimum Gasteiger partial charge on any atom is -0.478 e. The third-order valence-corrected chi connectivity index (χ3v) is 2.96. The fourth-order valence-corrected chi connectivity index (χ4v) is 1.81. The van der Waals surface area contributed by atoms with Crippen LogP contribution in [0.3, 0.4) is 0 Å². The van der Waals surface area contributed by atoms with Gasteiger partial charge in [-0.15, -0.1) is 0 Å². The largest absolute Gasteiger partial charge is 0.478 e. The molecule has 4 nitrogen and oxygen atoms in total. The Bertz CT molecular complexity index is 392. The first-order valence-corrected chi connectivity index (χ1v) is 5.96. The molecule has 0 amide bonds. The number of aromatic carboxylic acids is 1. The molecule has 0 bridgehead atoms. The number of carbonyl (C=O) groups is 1. The van der Waals surface area contributed by atoms with Crippen molar-refractivity contribution < 1.29 is 19.4 Å². The summed E-state index contributed by atoms with van der Waals surface area (Å²) in [4.78, 5) is 10.7. The Morgan fingerprint density at radius 1 is 1.53 bits per heavy atom. The molecule has 0 heterocycles. The topological polar surface area (TPSA) is 55.8 Å². The standard InChI is InChI=1S/C12H15BrO4/c1-8(6-16-2)17-7-10-4-3-9(12(14)15)5-11(10)13/h3-5,8H,6-7H2,1-2H3,(H,14,15). The van der Waals surface area contributed by atoms with Crippen molar-refractivity contribution in [2.75, 3.05) is 13.7 Å². The zero-order chi connectivity index (χ0) is 12.8. The van der Waals surface area contributed by atoms with Crippen molar-refractivity contribution in [1.29, 1.82) is 0 Å². The van der Waals surface area contributed by atoms with Gasteiger partial charge in [-0.3, -0.25) is 0 Å². The van der Waals surface area contributed by atoms with Gasteiger partial charge in [0.1, 0.15) is 0 Å². The van der Waals surface area contributed by atoms with Crippen molar-refractivity contribution >= 4 is 21.9 Å². The van der Waals surface area contributed by atoms with E-state index in [1.54, 1.807) is 25.3 Å². The Hall–Kier alpha value is -0.910. The zero-order valence-corrected chi connectivity index (χ0v) is 11.4. The van der Waals surface area contributed by atoms with Crippen molar-refractivity contribution in [3.63, 3.8) is 0 Å². The fraction of sp³-hybridized carbons (Fsp3) is 0.417. The van der Waals surface area contributed by atoms with E-state index in [9.17, 15) is 4.79 Å². The molecule has 0 aliphatic heterocycles. The van der Waals surface area contributed by atoms with E-state index in [1.807, 2.05) is 6.92 Å². The van der Waals surface area contributed by atoms with Crippen LogP contribution in [0.4, 0.5) is 0 Å². The average molecular weight is 303 g/mol. The molecular weight excluding hydrogens is 288 g/mol. The van der Waals surface area contributed by atoms with Gasteiger partial charge < -0.3 is 14.6 Å². The summed E-state index contributed by atoms with van der Waals surface area (Å²) in [5.41, 5.74) is 1.17. The highest BCUT2D eigenvalue weighted by Crippen LogP contribution is 2.20. The molecule has 17 heavy (non-hydrogen) atoms. The van der Waals surface area contributed by atoms with Crippen molar-refractivity contribution in [2.24, 2.45) is 0 Å². The molecule has 1 atom stereocenters. The number of hydrogen-bond acceptors (Lipinski definition) is 3. The predicted molar refractivity (Wildman–Crippen MR) is 67.2 cm³/mol. The lowest BCUT2D eigenvalue weighted by atomic mass is 10.1. The van der Waals surface area contributed by atoms with Crippen LogP contribution in [0, 0.1) is 0 Å². The summed E-state index contributed by atoms with van der Waals surface area (Å²) in [7, 11) is 1.62. The van der Waals surface area contributed by atoms with Crippen molar-refractivity contribution in [2.45, 2.75) is 19.6 Å². The maximum Gasteiger partial charge on any atom is 0.335 e. The number of halogens is 1. The van der Waals surface area contributed by atoms with Gasteiger partial charge in [0, 0.05) is 11.6 Å². The summed E-state index contributed by atoms with van der Waals surface area (Å²) >= 11 is 3.33. The molecule has 5 heteroatoms. The first kappa shape index (κ1) is 14.2. The summed E-state index contributed by atoms with van der Waals surface area (Å²) < 4.78 is 11.2. The molecule has 0 fully saturated rings. The summed E-state index contributed by atoms with van der Waals surface area (Å²) in [6.45, 7) is 2.87. The van der Waals surface area contributed by atoms with Crippen LogP contribution in [0.1, 0.15) is 22.8 Å². The minimum atomic E-state index is -0.939. The van der Waals surface area contributed by atoms with Crippen LogP contribution in [0.25, 0.3) is 0 Å². The maximum absolute atomic E-state index is 10.7. The van der Waals surface area contributed by atoms with E-state index < -0.39 is 5.97 Å². The highest BCUT2D eigenvalue weighted by molar-refractivity contribution is 9.10. The Morgan fingerprint density at radius 2 is 2.24 bits per heavy atom. The second-order valence-electron chi connectivity index (χ2n) is 3.69. The monoisotopic (exact) mass is 302 g/mol. The molecule has 0 aromatic heterocycles. The second-order valence-corrected chi connectivity index (χ2v) is 4.54. The van der Waals surface area contributed by atoms with E-state index in [0.717, 1.165) is 10.0 Å². The molecule has 0 saturated carbocycles. The van der Waals surface area contributed by atoms with Gasteiger partial charge in [0.05, 0.1) is 24.9 Å². The molecule has 0 saturated heterocycles. The van der Waals surface area contributed by atoms with E-state index in [2.05, 4.69) is 15.9 Å². The lowest BCUT2D eigenvalue weighted by Gasteiger charge is -2.13. The van der Waals surface area contributed by atoms with Gasteiger partial charge in [0.2, 0.25) is 0 Å². The molecule has 0 radical (unpaired) electrons. The van der Waals surface area contributed by atoms with E-state index >= 15 is 0 Å². The number of hydrogen-bond donors (Lipinski definition) is 1. The van der Waals surface area contributed by atoms with Gasteiger partial charge in [0.25, 0.3) is 0 Å². The number of carboxylic acids is 1. The van der Waals surface area contributed by atoms with Crippen molar-refractivity contribution in [1.82, 2.24) is 0 Å². The Labute approximate surface area is 109 Å². The van der Waals surface area contributed by atoms with Gasteiger partial charge >= 0.3 is 5.97 Å². The van der Waals surface area contributed by atoms with Crippen molar-refractivity contribution in [3.05, 3.63) is 33.8 Å². The van der Waals surface area contributed by atoms with E-state index in [0.29, 0.717) is 13.2 Å².